The number of alkyl carbamates (subject to hydrolysis) is 2. The molecule has 2 aliphatic rings. The molecule has 0 bridgehead atoms. The first-order valence-corrected chi connectivity index (χ1v) is 26.5. The third-order valence-corrected chi connectivity index (χ3v) is 14.9. The number of carbonyl (C=O) groups excluding carboxylic acids is 4. The molecule has 0 spiro atoms. The fourth-order valence-electron chi connectivity index (χ4n) is 8.26. The van der Waals surface area contributed by atoms with Crippen molar-refractivity contribution in [2.75, 3.05) is 77.5 Å². The largest absolute Gasteiger partial charge is 0.497 e. The first kappa shape index (κ1) is 59.1. The zero-order valence-corrected chi connectivity index (χ0v) is 47.6. The number of fused-ring (bicyclic) bond motifs is 2. The first-order valence-electron chi connectivity index (χ1n) is 23.8. The van der Waals surface area contributed by atoms with Crippen LogP contribution >= 0.6 is 45.3 Å². The van der Waals surface area contributed by atoms with Gasteiger partial charge in [-0.15, -0.1) is 10.2 Å². The van der Waals surface area contributed by atoms with E-state index < -0.39 is 47.2 Å². The van der Waals surface area contributed by atoms with E-state index in [2.05, 4.69) is 58.1 Å². The molecule has 22 nitrogen and oxygen atoms in total. The molecular weight excluding hydrogens is 1150 g/mol. The maximum absolute atomic E-state index is 13.7. The van der Waals surface area contributed by atoms with Crippen molar-refractivity contribution in [3.05, 3.63) is 64.1 Å². The molecule has 2 amide bonds. The molecule has 6 aromatic rings. The van der Waals surface area contributed by atoms with Crippen LogP contribution in [0.4, 0.5) is 28.6 Å². The van der Waals surface area contributed by atoms with Crippen LogP contribution in [0.15, 0.2) is 48.8 Å². The molecule has 412 valence electrons. The first-order chi connectivity index (χ1) is 35.8. The summed E-state index contributed by atoms with van der Waals surface area (Å²) < 4.78 is 61.5. The van der Waals surface area contributed by atoms with Gasteiger partial charge in [0.1, 0.15) is 38.0 Å². The number of piperidine rings is 2. The molecule has 2 fully saturated rings. The van der Waals surface area contributed by atoms with E-state index in [1.807, 2.05) is 4.52 Å². The van der Waals surface area contributed by atoms with Crippen molar-refractivity contribution in [3.63, 3.8) is 0 Å². The lowest BCUT2D eigenvalue weighted by Crippen LogP contribution is -2.51. The van der Waals surface area contributed by atoms with Gasteiger partial charge in [-0.1, -0.05) is 28.7 Å². The number of anilines is 2. The predicted molar refractivity (Wildman–Crippen MR) is 289 cm³/mol. The summed E-state index contributed by atoms with van der Waals surface area (Å²) in [5.74, 6) is -1.02. The minimum atomic E-state index is -1.64. The van der Waals surface area contributed by atoms with Crippen LogP contribution in [0.3, 0.4) is 0 Å². The monoisotopic (exact) mass is 1210 g/mol. The van der Waals surface area contributed by atoms with E-state index in [4.69, 9.17) is 43.6 Å². The molecule has 6 heterocycles. The Morgan fingerprint density at radius 2 is 1.12 bits per heavy atom. The molecule has 0 unspecified atom stereocenters. The normalized spacial score (nSPS) is 15.1. The van der Waals surface area contributed by atoms with Crippen LogP contribution < -0.4 is 35.4 Å². The van der Waals surface area contributed by atoms with Gasteiger partial charge in [0.05, 0.1) is 57.4 Å². The highest BCUT2D eigenvalue weighted by Crippen LogP contribution is 2.39. The third-order valence-electron chi connectivity index (χ3n) is 12.2. The van der Waals surface area contributed by atoms with Gasteiger partial charge in [-0.05, 0) is 108 Å². The SMILES string of the molecule is COC(=O)C1(CNC(=O)OC(C)(C)C)CCN(c2nn3c(-c4ccc(F)cc4OC)cnc3s2)CC1.COC(=O)C1(CNC(=O)OC(C)(C)C)CCN(c2nn3c(I)cnc3s2)CC1.COc1cc(F)ccc1B(O)O. The van der Waals surface area contributed by atoms with Gasteiger partial charge in [-0.2, -0.15) is 4.52 Å². The minimum Gasteiger partial charge on any atom is -0.497 e. The maximum Gasteiger partial charge on any atom is 0.492 e. The minimum absolute atomic E-state index is 0.123. The summed E-state index contributed by atoms with van der Waals surface area (Å²) in [5.41, 5.74) is -1.33. The van der Waals surface area contributed by atoms with Gasteiger partial charge in [0.2, 0.25) is 20.2 Å². The molecule has 0 radical (unpaired) electrons. The van der Waals surface area contributed by atoms with Crippen LogP contribution in [0.5, 0.6) is 11.5 Å². The lowest BCUT2D eigenvalue weighted by molar-refractivity contribution is -0.154. The van der Waals surface area contributed by atoms with Crippen LogP contribution in [-0.4, -0.2) is 149 Å². The van der Waals surface area contributed by atoms with E-state index >= 15 is 0 Å². The maximum atomic E-state index is 13.7. The van der Waals surface area contributed by atoms with Gasteiger partial charge in [0.25, 0.3) is 0 Å². The number of amides is 2. The second-order valence-electron chi connectivity index (χ2n) is 19.7. The number of aromatic nitrogens is 6. The van der Waals surface area contributed by atoms with Crippen molar-refractivity contribution in [1.82, 2.24) is 39.8 Å². The van der Waals surface area contributed by atoms with Crippen molar-refractivity contribution < 1.29 is 66.4 Å². The number of esters is 2. The molecule has 0 atom stereocenters. The van der Waals surface area contributed by atoms with E-state index in [1.165, 1.54) is 69.3 Å². The Morgan fingerprint density at radius 1 is 0.684 bits per heavy atom. The van der Waals surface area contributed by atoms with Crippen molar-refractivity contribution in [1.29, 1.82) is 0 Å². The summed E-state index contributed by atoms with van der Waals surface area (Å²) >= 11 is 5.14. The van der Waals surface area contributed by atoms with Crippen LogP contribution in [0.2, 0.25) is 0 Å². The van der Waals surface area contributed by atoms with Crippen LogP contribution in [-0.2, 0) is 28.5 Å². The van der Waals surface area contributed by atoms with Crippen LogP contribution in [0, 0.1) is 26.2 Å². The number of benzene rings is 2. The van der Waals surface area contributed by atoms with Crippen molar-refractivity contribution in [2.24, 2.45) is 10.8 Å². The van der Waals surface area contributed by atoms with Gasteiger partial charge in [0.15, 0.2) is 0 Å². The topological polar surface area (TPSA) is 255 Å². The second kappa shape index (κ2) is 24.9. The molecular formula is C48H62BF2IN10O12S2. The summed E-state index contributed by atoms with van der Waals surface area (Å²) in [6, 6.07) is 7.82. The molecule has 28 heteroatoms. The Bertz CT molecular complexity index is 2980. The Kier molecular flexibility index (Phi) is 19.4. The highest BCUT2D eigenvalue weighted by atomic mass is 127. The summed E-state index contributed by atoms with van der Waals surface area (Å²) in [6.07, 6.45) is 4.39. The number of halogens is 3. The number of ether oxygens (including phenoxy) is 6. The van der Waals surface area contributed by atoms with Gasteiger partial charge in [-0.25, -0.2) is 32.9 Å². The molecule has 2 aromatic carbocycles. The zero-order chi connectivity index (χ0) is 55.8. The standard InChI is InChI=1S/C24H30FN5O5S.C17H24IN5O4S.C7H8BFO3/c1-23(2,3)35-22(32)27-14-24(19(31)34-5)8-10-29(11-9-24)21-28-30-17(13-26-20(30)36-21)16-7-6-15(25)12-18(16)33-4;1-16(2,3)27-15(25)20-10-17(12(24)26-4)5-7-22(8-6-17)14-21-23-11(18)9-19-13(23)28-14;1-12-7-4-5(9)2-3-6(7)8(10)11/h6-7,12-13H,8-11,14H2,1-5H3,(H,27,32);9H,5-8,10H2,1-4H3,(H,20,25);2-4,10-11H,1H3. The van der Waals surface area contributed by atoms with E-state index in [0.29, 0.717) is 73.8 Å². The van der Waals surface area contributed by atoms with E-state index in [-0.39, 0.29) is 42.1 Å². The highest BCUT2D eigenvalue weighted by molar-refractivity contribution is 14.1. The Morgan fingerprint density at radius 3 is 1.55 bits per heavy atom. The number of imidazole rings is 2. The summed E-state index contributed by atoms with van der Waals surface area (Å²) in [4.78, 5) is 64.0. The van der Waals surface area contributed by atoms with Gasteiger partial charge in [0, 0.05) is 62.4 Å². The molecule has 2 aliphatic heterocycles. The smallest absolute Gasteiger partial charge is 0.492 e. The molecule has 0 aliphatic carbocycles. The fraction of sp³-hybridized carbons (Fsp3) is 0.500. The zero-order valence-electron chi connectivity index (χ0n) is 43.8. The molecule has 4 N–H and O–H groups in total. The number of carbonyl (C=O) groups is 4. The number of rotatable bonds is 12. The van der Waals surface area contributed by atoms with Gasteiger partial charge < -0.3 is 58.9 Å². The average Bonchev–Trinajstić information content (AvgIpc) is 4.18. The molecule has 8 rings (SSSR count). The average molecular weight is 1210 g/mol. The molecule has 0 saturated carbocycles. The summed E-state index contributed by atoms with van der Waals surface area (Å²) in [5, 5.41) is 34.0. The Hall–Kier alpha value is -6.11. The third kappa shape index (κ3) is 14.7. The summed E-state index contributed by atoms with van der Waals surface area (Å²) in [7, 11) is 3.91. The second-order valence-corrected chi connectivity index (χ2v) is 22.7. The highest BCUT2D eigenvalue weighted by Gasteiger charge is 2.45. The van der Waals surface area contributed by atoms with Crippen LogP contribution in [0.1, 0.15) is 67.2 Å². The summed E-state index contributed by atoms with van der Waals surface area (Å²) in [6.45, 7) is 13.4. The van der Waals surface area contributed by atoms with Crippen LogP contribution in [0.25, 0.3) is 21.2 Å². The molecule has 76 heavy (non-hydrogen) atoms. The number of nitrogens with zero attached hydrogens (tertiary/aromatic N) is 8. The van der Waals surface area contributed by atoms with E-state index in [9.17, 15) is 28.0 Å². The van der Waals surface area contributed by atoms with E-state index in [1.54, 1.807) is 64.5 Å². The van der Waals surface area contributed by atoms with Crippen molar-refractivity contribution in [2.45, 2.75) is 78.4 Å². The quantitative estimate of drug-likeness (QED) is 0.0468. The Labute approximate surface area is 459 Å². The lowest BCUT2D eigenvalue weighted by atomic mass is 9.78. The number of hydrogen-bond acceptors (Lipinski definition) is 20. The molecule has 4 aromatic heterocycles. The van der Waals surface area contributed by atoms with Gasteiger partial charge in [-0.3, -0.25) is 9.59 Å². The lowest BCUT2D eigenvalue weighted by Gasteiger charge is -2.39. The van der Waals surface area contributed by atoms with Crippen molar-refractivity contribution >= 4 is 102 Å². The fourth-order valence-corrected chi connectivity index (χ4v) is 10.8. The van der Waals surface area contributed by atoms with E-state index in [0.717, 1.165) is 31.1 Å². The molecule has 2 saturated heterocycles. The number of methoxy groups -OCH3 is 4. The number of hydrogen-bond donors (Lipinski definition) is 4. The number of nitrogens with one attached hydrogen (secondary N) is 2. The predicted octanol–water partition coefficient (Wildman–Crippen LogP) is 6.08. The van der Waals surface area contributed by atoms with Gasteiger partial charge >= 0.3 is 31.2 Å². The Balaban J connectivity index is 0.000000207. The van der Waals surface area contributed by atoms with Crippen molar-refractivity contribution in [3.8, 4) is 22.8 Å².